The van der Waals surface area contributed by atoms with Crippen LogP contribution in [0.5, 0.6) is 0 Å². The first kappa shape index (κ1) is 7.98. The van der Waals surface area contributed by atoms with Crippen LogP contribution in [-0.4, -0.2) is 32.0 Å². The fraction of sp³-hybridized carbons (Fsp3) is 1.00. The summed E-state index contributed by atoms with van der Waals surface area (Å²) in [7, 11) is 0. The van der Waals surface area contributed by atoms with Crippen LogP contribution >= 0.6 is 0 Å². The van der Waals surface area contributed by atoms with Crippen molar-refractivity contribution in [2.24, 2.45) is 5.73 Å². The molecular weight excluding hydrogens is 130 g/mol. The Morgan fingerprint density at radius 3 is 2.70 bits per heavy atom. The van der Waals surface area contributed by atoms with E-state index >= 15 is 0 Å². The van der Waals surface area contributed by atoms with Crippen molar-refractivity contribution >= 4 is 0 Å². The van der Waals surface area contributed by atoms with Gasteiger partial charge >= 0.3 is 0 Å². The molecule has 0 aromatic carbocycles. The first-order chi connectivity index (χ1) is 4.86. The lowest BCUT2D eigenvalue weighted by molar-refractivity contribution is -0.152. The molecule has 0 aromatic heterocycles. The smallest absolute Gasteiger partial charge is 0.105 e. The van der Waals surface area contributed by atoms with Gasteiger partial charge in [0.15, 0.2) is 0 Å². The van der Waals surface area contributed by atoms with Crippen molar-refractivity contribution in [2.75, 3.05) is 19.8 Å². The van der Waals surface area contributed by atoms with Crippen molar-refractivity contribution in [2.45, 2.75) is 25.6 Å². The van der Waals surface area contributed by atoms with Gasteiger partial charge < -0.3 is 15.2 Å². The van der Waals surface area contributed by atoms with Crippen molar-refractivity contribution in [1.29, 1.82) is 0 Å². The molecule has 1 atom stereocenters. The van der Waals surface area contributed by atoms with Gasteiger partial charge in [0.25, 0.3) is 0 Å². The fourth-order valence-electron chi connectivity index (χ4n) is 0.883. The van der Waals surface area contributed by atoms with Crippen LogP contribution in [0.4, 0.5) is 0 Å². The van der Waals surface area contributed by atoms with Gasteiger partial charge in [0.2, 0.25) is 0 Å². The van der Waals surface area contributed by atoms with Gasteiger partial charge in [0, 0.05) is 6.54 Å². The topological polar surface area (TPSA) is 44.5 Å². The molecule has 2 N–H and O–H groups in total. The SMILES string of the molecule is CCC(CN)OC1COC1. The van der Waals surface area contributed by atoms with Crippen molar-refractivity contribution < 1.29 is 9.47 Å². The summed E-state index contributed by atoms with van der Waals surface area (Å²) in [5.41, 5.74) is 5.44. The summed E-state index contributed by atoms with van der Waals surface area (Å²) in [6, 6.07) is 0. The minimum absolute atomic E-state index is 0.230. The van der Waals surface area contributed by atoms with E-state index in [1.165, 1.54) is 0 Å². The third-order valence-electron chi connectivity index (χ3n) is 1.71. The van der Waals surface area contributed by atoms with E-state index in [1.807, 2.05) is 0 Å². The van der Waals surface area contributed by atoms with Crippen LogP contribution in [0.15, 0.2) is 0 Å². The molecule has 1 saturated heterocycles. The molecular formula is C7H15NO2. The summed E-state index contributed by atoms with van der Waals surface area (Å²) >= 11 is 0. The Kier molecular flexibility index (Phi) is 3.12. The standard InChI is InChI=1S/C7H15NO2/c1-2-6(3-8)10-7-4-9-5-7/h6-7H,2-5,8H2,1H3. The van der Waals surface area contributed by atoms with Crippen LogP contribution in [0.3, 0.4) is 0 Å². The molecule has 10 heavy (non-hydrogen) atoms. The zero-order valence-electron chi connectivity index (χ0n) is 6.38. The van der Waals surface area contributed by atoms with Crippen molar-refractivity contribution in [3.05, 3.63) is 0 Å². The van der Waals surface area contributed by atoms with E-state index in [2.05, 4.69) is 6.92 Å². The minimum atomic E-state index is 0.230. The second-order valence-electron chi connectivity index (χ2n) is 2.56. The van der Waals surface area contributed by atoms with Gasteiger partial charge in [0.05, 0.1) is 19.3 Å². The van der Waals surface area contributed by atoms with Gasteiger partial charge in [-0.05, 0) is 6.42 Å². The Morgan fingerprint density at radius 2 is 2.40 bits per heavy atom. The van der Waals surface area contributed by atoms with Crippen LogP contribution in [0, 0.1) is 0 Å². The summed E-state index contributed by atoms with van der Waals surface area (Å²) in [6.45, 7) is 4.19. The Labute approximate surface area is 61.5 Å². The Bertz CT molecular complexity index is 89.6. The molecule has 1 rings (SSSR count). The Balaban J connectivity index is 2.08. The molecule has 0 aliphatic carbocycles. The van der Waals surface area contributed by atoms with Crippen LogP contribution in [0.25, 0.3) is 0 Å². The van der Waals surface area contributed by atoms with E-state index in [0.717, 1.165) is 19.6 Å². The summed E-state index contributed by atoms with van der Waals surface area (Å²) in [4.78, 5) is 0. The monoisotopic (exact) mass is 145 g/mol. The van der Waals surface area contributed by atoms with E-state index in [-0.39, 0.29) is 6.10 Å². The molecule has 3 nitrogen and oxygen atoms in total. The second-order valence-corrected chi connectivity index (χ2v) is 2.56. The molecule has 3 heteroatoms. The quantitative estimate of drug-likeness (QED) is 0.612. The highest BCUT2D eigenvalue weighted by atomic mass is 16.6. The third kappa shape index (κ3) is 1.94. The number of rotatable bonds is 4. The average Bonchev–Trinajstić information content (AvgIpc) is 1.87. The highest BCUT2D eigenvalue weighted by Gasteiger charge is 2.21. The molecule has 1 fully saturated rings. The van der Waals surface area contributed by atoms with Gasteiger partial charge in [-0.3, -0.25) is 0 Å². The molecule has 1 heterocycles. The highest BCUT2D eigenvalue weighted by molar-refractivity contribution is 4.68. The lowest BCUT2D eigenvalue weighted by Gasteiger charge is -2.29. The predicted octanol–water partition coefficient (Wildman–Crippen LogP) is 0.139. The van der Waals surface area contributed by atoms with Crippen LogP contribution in [0.1, 0.15) is 13.3 Å². The number of ether oxygens (including phenoxy) is 2. The molecule has 1 unspecified atom stereocenters. The van der Waals surface area contributed by atoms with E-state index < -0.39 is 0 Å². The van der Waals surface area contributed by atoms with Gasteiger partial charge in [-0.15, -0.1) is 0 Å². The largest absolute Gasteiger partial charge is 0.376 e. The highest BCUT2D eigenvalue weighted by Crippen LogP contribution is 2.09. The summed E-state index contributed by atoms with van der Waals surface area (Å²) < 4.78 is 10.5. The van der Waals surface area contributed by atoms with E-state index in [4.69, 9.17) is 15.2 Å². The fourth-order valence-corrected chi connectivity index (χ4v) is 0.883. The lowest BCUT2D eigenvalue weighted by Crippen LogP contribution is -2.40. The van der Waals surface area contributed by atoms with E-state index in [9.17, 15) is 0 Å². The first-order valence-electron chi connectivity index (χ1n) is 3.80. The Morgan fingerprint density at radius 1 is 1.70 bits per heavy atom. The zero-order chi connectivity index (χ0) is 7.40. The molecule has 0 bridgehead atoms. The van der Waals surface area contributed by atoms with Gasteiger partial charge in [-0.25, -0.2) is 0 Å². The van der Waals surface area contributed by atoms with Gasteiger partial charge in [-0.2, -0.15) is 0 Å². The first-order valence-corrected chi connectivity index (χ1v) is 3.80. The summed E-state index contributed by atoms with van der Waals surface area (Å²) in [6.07, 6.45) is 1.54. The van der Waals surface area contributed by atoms with Crippen molar-refractivity contribution in [3.63, 3.8) is 0 Å². The molecule has 0 amide bonds. The second kappa shape index (κ2) is 3.91. The summed E-state index contributed by atoms with van der Waals surface area (Å²) in [5.74, 6) is 0. The Hall–Kier alpha value is -0.120. The number of hydrogen-bond acceptors (Lipinski definition) is 3. The molecule has 0 aromatic rings. The lowest BCUT2D eigenvalue weighted by atomic mass is 10.2. The van der Waals surface area contributed by atoms with Crippen LogP contribution in [0.2, 0.25) is 0 Å². The maximum absolute atomic E-state index is 5.53. The molecule has 0 radical (unpaired) electrons. The minimum Gasteiger partial charge on any atom is -0.376 e. The molecule has 60 valence electrons. The zero-order valence-corrected chi connectivity index (χ0v) is 6.38. The van der Waals surface area contributed by atoms with Crippen LogP contribution in [-0.2, 0) is 9.47 Å². The van der Waals surface area contributed by atoms with E-state index in [1.54, 1.807) is 0 Å². The average molecular weight is 145 g/mol. The van der Waals surface area contributed by atoms with Crippen LogP contribution < -0.4 is 5.73 Å². The third-order valence-corrected chi connectivity index (χ3v) is 1.71. The van der Waals surface area contributed by atoms with Crippen molar-refractivity contribution in [1.82, 2.24) is 0 Å². The maximum atomic E-state index is 5.53. The number of hydrogen-bond donors (Lipinski definition) is 1. The van der Waals surface area contributed by atoms with Gasteiger partial charge in [0.1, 0.15) is 6.10 Å². The molecule has 0 spiro atoms. The van der Waals surface area contributed by atoms with Gasteiger partial charge in [-0.1, -0.05) is 6.92 Å². The maximum Gasteiger partial charge on any atom is 0.105 e. The van der Waals surface area contributed by atoms with Crippen molar-refractivity contribution in [3.8, 4) is 0 Å². The normalized spacial score (nSPS) is 22.2. The summed E-state index contributed by atoms with van der Waals surface area (Å²) in [5, 5.41) is 0. The molecule has 1 aliphatic rings. The van der Waals surface area contributed by atoms with E-state index in [0.29, 0.717) is 12.6 Å². The number of nitrogens with two attached hydrogens (primary N) is 1. The molecule has 0 saturated carbocycles. The molecule has 1 aliphatic heterocycles. The predicted molar refractivity (Wildman–Crippen MR) is 38.8 cm³/mol.